The van der Waals surface area contributed by atoms with Gasteiger partial charge in [-0.25, -0.2) is 4.79 Å². The standard InChI is InChI=1S/C17H19N5O8S/c1-8-5-11(22(28)29)19-20(8)4-3-12(24)18-13-15(25)21-14(17(26)27)10(6-30-9(2)23)7-31-16(13)21/h5,13,16H,3-4,6-7H2,1-2H3,(H,18,24)(H,26,27)/t13-,16-/m1/s1. The van der Waals surface area contributed by atoms with E-state index in [0.717, 1.165) is 4.90 Å². The van der Waals surface area contributed by atoms with E-state index in [-0.39, 0.29) is 36.8 Å². The number of nitrogens with one attached hydrogen (secondary N) is 1. The van der Waals surface area contributed by atoms with Gasteiger partial charge in [0, 0.05) is 24.7 Å². The van der Waals surface area contributed by atoms with Crippen molar-refractivity contribution < 1.29 is 33.9 Å². The smallest absolute Gasteiger partial charge is 0.390 e. The van der Waals surface area contributed by atoms with Gasteiger partial charge in [0.05, 0.1) is 23.4 Å². The average Bonchev–Trinajstić information content (AvgIpc) is 3.08. The molecule has 0 bridgehead atoms. The maximum absolute atomic E-state index is 12.5. The average molecular weight is 453 g/mol. The third-order valence-electron chi connectivity index (χ3n) is 4.72. The Bertz CT molecular complexity index is 1000. The quantitative estimate of drug-likeness (QED) is 0.232. The predicted molar refractivity (Wildman–Crippen MR) is 105 cm³/mol. The number of hydrogen-bond acceptors (Lipinski definition) is 9. The first-order chi connectivity index (χ1) is 14.6. The lowest BCUT2D eigenvalue weighted by Crippen LogP contribution is -2.70. The minimum atomic E-state index is -1.32. The highest BCUT2D eigenvalue weighted by Crippen LogP contribution is 2.40. The van der Waals surface area contributed by atoms with Crippen LogP contribution in [0.3, 0.4) is 0 Å². The molecule has 166 valence electrons. The van der Waals surface area contributed by atoms with Crippen molar-refractivity contribution in [1.29, 1.82) is 0 Å². The van der Waals surface area contributed by atoms with Crippen molar-refractivity contribution in [3.05, 3.63) is 33.1 Å². The number of carbonyl (C=O) groups is 4. The molecule has 2 amide bonds. The molecule has 31 heavy (non-hydrogen) atoms. The van der Waals surface area contributed by atoms with Crippen LogP contribution in [0, 0.1) is 17.0 Å². The molecular weight excluding hydrogens is 434 g/mol. The normalized spacial score (nSPS) is 20.1. The van der Waals surface area contributed by atoms with Gasteiger partial charge in [0.25, 0.3) is 5.91 Å². The Morgan fingerprint density at radius 1 is 1.45 bits per heavy atom. The number of nitro groups is 1. The zero-order valence-corrected chi connectivity index (χ0v) is 17.4. The third-order valence-corrected chi connectivity index (χ3v) is 6.06. The maximum Gasteiger partial charge on any atom is 0.390 e. The number of fused-ring (bicyclic) bond motifs is 1. The number of aryl methyl sites for hydroxylation is 2. The third kappa shape index (κ3) is 4.52. The Kier molecular flexibility index (Phi) is 6.29. The van der Waals surface area contributed by atoms with E-state index in [1.54, 1.807) is 6.92 Å². The minimum Gasteiger partial charge on any atom is -0.477 e. The van der Waals surface area contributed by atoms with E-state index in [1.165, 1.54) is 29.4 Å². The van der Waals surface area contributed by atoms with Crippen LogP contribution in [0.15, 0.2) is 17.3 Å². The van der Waals surface area contributed by atoms with E-state index in [9.17, 15) is 34.4 Å². The summed E-state index contributed by atoms with van der Waals surface area (Å²) in [5.74, 6) is -3.02. The molecule has 2 aliphatic rings. The zero-order chi connectivity index (χ0) is 22.9. The number of aromatic nitrogens is 2. The molecule has 0 spiro atoms. The number of rotatable bonds is 8. The van der Waals surface area contributed by atoms with Crippen LogP contribution in [-0.2, 0) is 30.5 Å². The summed E-state index contributed by atoms with van der Waals surface area (Å²) >= 11 is 1.26. The van der Waals surface area contributed by atoms with Gasteiger partial charge in [-0.05, 0) is 11.8 Å². The number of ether oxygens (including phenoxy) is 1. The van der Waals surface area contributed by atoms with Crippen LogP contribution in [0.5, 0.6) is 0 Å². The summed E-state index contributed by atoms with van der Waals surface area (Å²) in [6, 6.07) is 0.395. The molecule has 1 fully saturated rings. The number of hydrogen-bond donors (Lipinski definition) is 2. The number of β-lactam (4-membered cyclic amide) rings is 1. The highest BCUT2D eigenvalue weighted by atomic mass is 32.2. The summed E-state index contributed by atoms with van der Waals surface area (Å²) < 4.78 is 6.19. The molecule has 1 aromatic heterocycles. The molecule has 2 atom stereocenters. The van der Waals surface area contributed by atoms with Crippen LogP contribution >= 0.6 is 11.8 Å². The Morgan fingerprint density at radius 3 is 2.74 bits per heavy atom. The predicted octanol–water partition coefficient (Wildman–Crippen LogP) is -0.208. The number of carboxylic acid groups (broad SMARTS) is 1. The first-order valence-electron chi connectivity index (χ1n) is 9.11. The van der Waals surface area contributed by atoms with E-state index in [2.05, 4.69) is 10.4 Å². The SMILES string of the molecule is CC(=O)OCC1=C(C(=O)O)N2C(=O)[C@@H](NC(=O)CCn3nc([N+](=O)[O-])cc3C)[C@H]2SC1. The van der Waals surface area contributed by atoms with Gasteiger partial charge in [-0.2, -0.15) is 4.68 Å². The van der Waals surface area contributed by atoms with E-state index in [0.29, 0.717) is 11.3 Å². The van der Waals surface area contributed by atoms with Gasteiger partial charge < -0.3 is 25.3 Å². The van der Waals surface area contributed by atoms with Gasteiger partial charge in [-0.15, -0.1) is 11.8 Å². The van der Waals surface area contributed by atoms with Gasteiger partial charge in [0.15, 0.2) is 0 Å². The van der Waals surface area contributed by atoms with Crippen molar-refractivity contribution in [3.8, 4) is 0 Å². The molecular formula is C17H19N5O8S. The first-order valence-corrected chi connectivity index (χ1v) is 10.2. The lowest BCUT2D eigenvalue weighted by atomic mass is 10.0. The molecule has 0 saturated carbocycles. The number of thioether (sulfide) groups is 1. The van der Waals surface area contributed by atoms with Crippen LogP contribution in [0.25, 0.3) is 0 Å². The van der Waals surface area contributed by atoms with Gasteiger partial charge in [0.2, 0.25) is 5.91 Å². The van der Waals surface area contributed by atoms with Gasteiger partial charge >= 0.3 is 17.8 Å². The summed E-state index contributed by atoms with van der Waals surface area (Å²) in [6.07, 6.45) is -0.0693. The highest BCUT2D eigenvalue weighted by molar-refractivity contribution is 8.00. The minimum absolute atomic E-state index is 0.0693. The number of carbonyl (C=O) groups excluding carboxylic acids is 3. The van der Waals surface area contributed by atoms with Crippen molar-refractivity contribution in [2.45, 2.75) is 38.2 Å². The van der Waals surface area contributed by atoms with Crippen LogP contribution in [0.2, 0.25) is 0 Å². The number of amides is 2. The topological polar surface area (TPSA) is 174 Å². The molecule has 0 radical (unpaired) electrons. The van der Waals surface area contributed by atoms with Gasteiger partial charge in [0.1, 0.15) is 23.7 Å². The molecule has 3 rings (SSSR count). The van der Waals surface area contributed by atoms with Crippen LogP contribution in [0.1, 0.15) is 19.0 Å². The fourth-order valence-corrected chi connectivity index (χ4v) is 4.57. The maximum atomic E-state index is 12.5. The van der Waals surface area contributed by atoms with Crippen LogP contribution in [-0.4, -0.2) is 72.2 Å². The van der Waals surface area contributed by atoms with Gasteiger partial charge in [-0.1, -0.05) is 0 Å². The van der Waals surface area contributed by atoms with Crippen molar-refractivity contribution in [3.63, 3.8) is 0 Å². The summed E-state index contributed by atoms with van der Waals surface area (Å²) in [7, 11) is 0. The Labute approximate surface area is 179 Å². The lowest BCUT2D eigenvalue weighted by molar-refractivity contribution is -0.389. The van der Waals surface area contributed by atoms with Crippen molar-refractivity contribution >= 4 is 41.3 Å². The molecule has 2 N–H and O–H groups in total. The van der Waals surface area contributed by atoms with E-state index in [1.807, 2.05) is 0 Å². The molecule has 1 saturated heterocycles. The van der Waals surface area contributed by atoms with Crippen LogP contribution < -0.4 is 5.32 Å². The Balaban J connectivity index is 1.62. The molecule has 0 aromatic carbocycles. The van der Waals surface area contributed by atoms with Crippen LogP contribution in [0.4, 0.5) is 5.82 Å². The number of esters is 1. The molecule has 2 aliphatic heterocycles. The number of carboxylic acids is 1. The molecule has 0 unspecified atom stereocenters. The fraction of sp³-hybridized carbons (Fsp3) is 0.471. The second-order valence-electron chi connectivity index (χ2n) is 6.87. The number of nitrogens with zero attached hydrogens (tertiary/aromatic N) is 4. The largest absolute Gasteiger partial charge is 0.477 e. The summed E-state index contributed by atoms with van der Waals surface area (Å²) in [5.41, 5.74) is 0.586. The number of aliphatic carboxylic acids is 1. The summed E-state index contributed by atoms with van der Waals surface area (Å²) in [4.78, 5) is 58.7. The van der Waals surface area contributed by atoms with Crippen molar-refractivity contribution in [2.75, 3.05) is 12.4 Å². The summed E-state index contributed by atoms with van der Waals surface area (Å²) in [5, 5.41) is 26.1. The molecule has 3 heterocycles. The molecule has 0 aliphatic carbocycles. The molecule has 14 heteroatoms. The Morgan fingerprint density at radius 2 is 2.16 bits per heavy atom. The second kappa shape index (κ2) is 8.75. The van der Waals surface area contributed by atoms with Crippen molar-refractivity contribution in [2.24, 2.45) is 0 Å². The lowest BCUT2D eigenvalue weighted by Gasteiger charge is -2.49. The first kappa shape index (κ1) is 22.3. The monoisotopic (exact) mass is 453 g/mol. The zero-order valence-electron chi connectivity index (χ0n) is 16.6. The fourth-order valence-electron chi connectivity index (χ4n) is 3.24. The Hall–Kier alpha value is -3.42. The second-order valence-corrected chi connectivity index (χ2v) is 7.97. The van der Waals surface area contributed by atoms with Crippen molar-refractivity contribution in [1.82, 2.24) is 20.0 Å². The molecule has 1 aromatic rings. The van der Waals surface area contributed by atoms with Gasteiger partial charge in [-0.3, -0.25) is 19.3 Å². The molecule has 13 nitrogen and oxygen atoms in total. The summed E-state index contributed by atoms with van der Waals surface area (Å²) in [6.45, 7) is 2.67. The van der Waals surface area contributed by atoms with E-state index >= 15 is 0 Å². The van der Waals surface area contributed by atoms with E-state index in [4.69, 9.17) is 4.74 Å². The van der Waals surface area contributed by atoms with E-state index < -0.39 is 40.1 Å². The highest BCUT2D eigenvalue weighted by Gasteiger charge is 2.54.